The number of nitro groups is 1. The zero-order valence-corrected chi connectivity index (χ0v) is 14.9. The van der Waals surface area contributed by atoms with Gasteiger partial charge in [-0.2, -0.15) is 0 Å². The van der Waals surface area contributed by atoms with E-state index in [0.717, 1.165) is 17.2 Å². The zero-order valence-electron chi connectivity index (χ0n) is 14.2. The molecule has 2 aromatic carbocycles. The third-order valence-corrected chi connectivity index (χ3v) is 3.93. The highest BCUT2D eigenvalue weighted by Gasteiger charge is 2.21. The quantitative estimate of drug-likeness (QED) is 0.473. The number of aryl methyl sites for hydroxylation is 1. The SMILES string of the molecule is Cc1ccc(COC(=O)[C@H](C)NC(=O)c2ccc(Cl)c([N+](=O)[O-])c2)cc1. The minimum Gasteiger partial charge on any atom is -0.459 e. The van der Waals surface area contributed by atoms with Crippen LogP contribution in [0.25, 0.3) is 0 Å². The topological polar surface area (TPSA) is 98.5 Å². The molecule has 0 bridgehead atoms. The first-order valence-corrected chi connectivity index (χ1v) is 8.12. The van der Waals surface area contributed by atoms with Crippen molar-refractivity contribution in [1.29, 1.82) is 0 Å². The summed E-state index contributed by atoms with van der Waals surface area (Å²) in [4.78, 5) is 34.4. The molecule has 8 heteroatoms. The molecule has 26 heavy (non-hydrogen) atoms. The van der Waals surface area contributed by atoms with Gasteiger partial charge >= 0.3 is 5.97 Å². The average Bonchev–Trinajstić information content (AvgIpc) is 2.60. The lowest BCUT2D eigenvalue weighted by Gasteiger charge is -2.13. The summed E-state index contributed by atoms with van der Waals surface area (Å²) in [5.41, 5.74) is 1.57. The summed E-state index contributed by atoms with van der Waals surface area (Å²) in [7, 11) is 0. The molecule has 0 saturated carbocycles. The molecule has 2 rings (SSSR count). The third-order valence-electron chi connectivity index (χ3n) is 3.61. The fourth-order valence-electron chi connectivity index (χ4n) is 2.10. The van der Waals surface area contributed by atoms with E-state index in [9.17, 15) is 19.7 Å². The predicted molar refractivity (Wildman–Crippen MR) is 96.0 cm³/mol. The Hall–Kier alpha value is -2.93. The molecule has 2 aromatic rings. The summed E-state index contributed by atoms with van der Waals surface area (Å²) in [6.07, 6.45) is 0. The van der Waals surface area contributed by atoms with Crippen LogP contribution in [0.2, 0.25) is 5.02 Å². The van der Waals surface area contributed by atoms with Gasteiger partial charge in [0.25, 0.3) is 11.6 Å². The molecule has 136 valence electrons. The van der Waals surface area contributed by atoms with Crippen LogP contribution >= 0.6 is 11.6 Å². The number of halogens is 1. The minimum atomic E-state index is -0.914. The van der Waals surface area contributed by atoms with E-state index in [1.54, 1.807) is 0 Å². The number of amides is 1. The minimum absolute atomic E-state index is 0.0271. The van der Waals surface area contributed by atoms with Crippen LogP contribution in [0.5, 0.6) is 0 Å². The van der Waals surface area contributed by atoms with Crippen LogP contribution in [0.1, 0.15) is 28.4 Å². The summed E-state index contributed by atoms with van der Waals surface area (Å²) in [6, 6.07) is 10.2. The normalized spacial score (nSPS) is 11.5. The number of esters is 1. The van der Waals surface area contributed by atoms with E-state index in [-0.39, 0.29) is 22.9 Å². The zero-order chi connectivity index (χ0) is 19.3. The Morgan fingerprint density at radius 2 is 1.88 bits per heavy atom. The van der Waals surface area contributed by atoms with Crippen LogP contribution in [0, 0.1) is 17.0 Å². The largest absolute Gasteiger partial charge is 0.459 e. The highest BCUT2D eigenvalue weighted by Crippen LogP contribution is 2.25. The molecule has 1 N–H and O–H groups in total. The second-order valence-corrected chi connectivity index (χ2v) is 6.12. The van der Waals surface area contributed by atoms with E-state index in [1.165, 1.54) is 19.1 Å². The number of rotatable bonds is 6. The Kier molecular flexibility index (Phi) is 6.30. The van der Waals surface area contributed by atoms with Crippen molar-refractivity contribution in [2.45, 2.75) is 26.5 Å². The highest BCUT2D eigenvalue weighted by molar-refractivity contribution is 6.32. The lowest BCUT2D eigenvalue weighted by molar-refractivity contribution is -0.384. The van der Waals surface area contributed by atoms with Gasteiger partial charge in [0, 0.05) is 11.6 Å². The van der Waals surface area contributed by atoms with Gasteiger partial charge in [-0.1, -0.05) is 41.4 Å². The van der Waals surface area contributed by atoms with Crippen molar-refractivity contribution in [1.82, 2.24) is 5.32 Å². The number of carbonyl (C=O) groups excluding carboxylic acids is 2. The fourth-order valence-corrected chi connectivity index (χ4v) is 2.28. The molecular weight excluding hydrogens is 360 g/mol. The van der Waals surface area contributed by atoms with Crippen LogP contribution in [0.4, 0.5) is 5.69 Å². The lowest BCUT2D eigenvalue weighted by atomic mass is 10.1. The average molecular weight is 377 g/mol. The standard InChI is InChI=1S/C18H17ClN2O5/c1-11-3-5-13(6-4-11)10-26-18(23)12(2)20-17(22)14-7-8-15(19)16(9-14)21(24)25/h3-9,12H,10H2,1-2H3,(H,20,22)/t12-/m0/s1. The highest BCUT2D eigenvalue weighted by atomic mass is 35.5. The molecule has 0 radical (unpaired) electrons. The van der Waals surface area contributed by atoms with Crippen LogP contribution in [-0.2, 0) is 16.1 Å². The van der Waals surface area contributed by atoms with Crippen molar-refractivity contribution in [2.75, 3.05) is 0 Å². The van der Waals surface area contributed by atoms with E-state index < -0.39 is 22.8 Å². The molecule has 0 aliphatic heterocycles. The molecule has 0 spiro atoms. The van der Waals surface area contributed by atoms with Gasteiger partial charge in [-0.3, -0.25) is 14.9 Å². The summed E-state index contributed by atoms with van der Waals surface area (Å²) < 4.78 is 5.16. The van der Waals surface area contributed by atoms with Crippen molar-refractivity contribution in [3.8, 4) is 0 Å². The number of nitro benzene ring substituents is 1. The monoisotopic (exact) mass is 376 g/mol. The molecule has 0 saturated heterocycles. The first-order chi connectivity index (χ1) is 12.3. The molecule has 1 atom stereocenters. The van der Waals surface area contributed by atoms with E-state index in [1.807, 2.05) is 31.2 Å². The molecule has 0 fully saturated rings. The Balaban J connectivity index is 1.95. The van der Waals surface area contributed by atoms with Gasteiger partial charge in [0.05, 0.1) is 4.92 Å². The van der Waals surface area contributed by atoms with Gasteiger partial charge in [0.15, 0.2) is 0 Å². The first-order valence-electron chi connectivity index (χ1n) is 7.75. The maximum atomic E-state index is 12.2. The summed E-state index contributed by atoms with van der Waals surface area (Å²) in [6.45, 7) is 3.51. The van der Waals surface area contributed by atoms with Gasteiger partial charge < -0.3 is 10.1 Å². The Morgan fingerprint density at radius 3 is 2.50 bits per heavy atom. The van der Waals surface area contributed by atoms with Crippen molar-refractivity contribution in [3.05, 3.63) is 74.3 Å². The smallest absolute Gasteiger partial charge is 0.328 e. The maximum Gasteiger partial charge on any atom is 0.328 e. The van der Waals surface area contributed by atoms with Crippen molar-refractivity contribution in [3.63, 3.8) is 0 Å². The molecule has 7 nitrogen and oxygen atoms in total. The number of carbonyl (C=O) groups is 2. The lowest BCUT2D eigenvalue weighted by Crippen LogP contribution is -2.39. The Bertz CT molecular complexity index is 836. The van der Waals surface area contributed by atoms with E-state index in [4.69, 9.17) is 16.3 Å². The number of hydrogen-bond acceptors (Lipinski definition) is 5. The molecular formula is C18H17ClN2O5. The molecule has 0 aromatic heterocycles. The van der Waals surface area contributed by atoms with Gasteiger partial charge in [-0.15, -0.1) is 0 Å². The number of nitrogens with zero attached hydrogens (tertiary/aromatic N) is 1. The molecule has 0 unspecified atom stereocenters. The number of nitrogens with one attached hydrogen (secondary N) is 1. The van der Waals surface area contributed by atoms with Gasteiger partial charge in [0.1, 0.15) is 17.7 Å². The second kappa shape index (κ2) is 8.44. The summed E-state index contributed by atoms with van der Waals surface area (Å²) in [5.74, 6) is -1.24. The molecule has 0 heterocycles. The first kappa shape index (κ1) is 19.4. The van der Waals surface area contributed by atoms with Crippen molar-refractivity contribution in [2.24, 2.45) is 0 Å². The van der Waals surface area contributed by atoms with Gasteiger partial charge in [-0.05, 0) is 31.5 Å². The van der Waals surface area contributed by atoms with Crippen LogP contribution in [0.15, 0.2) is 42.5 Å². The van der Waals surface area contributed by atoms with Crippen LogP contribution in [0.3, 0.4) is 0 Å². The second-order valence-electron chi connectivity index (χ2n) is 5.71. The van der Waals surface area contributed by atoms with E-state index in [0.29, 0.717) is 0 Å². The van der Waals surface area contributed by atoms with Crippen LogP contribution in [-0.4, -0.2) is 22.8 Å². The maximum absolute atomic E-state index is 12.2. The molecule has 0 aliphatic carbocycles. The van der Waals surface area contributed by atoms with Gasteiger partial charge in [-0.25, -0.2) is 4.79 Å². The fraction of sp³-hybridized carbons (Fsp3) is 0.222. The Morgan fingerprint density at radius 1 is 1.23 bits per heavy atom. The van der Waals surface area contributed by atoms with E-state index in [2.05, 4.69) is 5.32 Å². The molecule has 0 aliphatic rings. The number of benzene rings is 2. The summed E-state index contributed by atoms with van der Waals surface area (Å²) >= 11 is 5.71. The Labute approximate surface area is 155 Å². The van der Waals surface area contributed by atoms with Crippen molar-refractivity contribution >= 4 is 29.2 Å². The van der Waals surface area contributed by atoms with E-state index >= 15 is 0 Å². The number of ether oxygens (including phenoxy) is 1. The third kappa shape index (κ3) is 5.03. The van der Waals surface area contributed by atoms with Crippen LogP contribution < -0.4 is 5.32 Å². The molecule has 1 amide bonds. The van der Waals surface area contributed by atoms with Crippen molar-refractivity contribution < 1.29 is 19.2 Å². The summed E-state index contributed by atoms with van der Waals surface area (Å²) in [5, 5.41) is 13.3. The predicted octanol–water partition coefficient (Wildman–Crippen LogP) is 3.42. The number of hydrogen-bond donors (Lipinski definition) is 1. The van der Waals surface area contributed by atoms with Gasteiger partial charge in [0.2, 0.25) is 0 Å².